The highest BCUT2D eigenvalue weighted by Gasteiger charge is 2.29. The number of hydrogen-bond donors (Lipinski definition) is 0. The third-order valence-corrected chi connectivity index (χ3v) is 4.48. The van der Waals surface area contributed by atoms with Crippen LogP contribution in [0.1, 0.15) is 25.0 Å². The van der Waals surface area contributed by atoms with Crippen molar-refractivity contribution in [3.05, 3.63) is 33.9 Å². The van der Waals surface area contributed by atoms with Crippen molar-refractivity contribution in [3.8, 4) is 5.75 Å². The van der Waals surface area contributed by atoms with Crippen LogP contribution in [0.3, 0.4) is 0 Å². The van der Waals surface area contributed by atoms with Crippen LogP contribution in [-0.4, -0.2) is 34.2 Å². The number of aryl methyl sites for hydroxylation is 1. The summed E-state index contributed by atoms with van der Waals surface area (Å²) in [5.74, 6) is -1.04. The summed E-state index contributed by atoms with van der Waals surface area (Å²) in [5.41, 5.74) is 1.11. The van der Waals surface area contributed by atoms with Crippen LogP contribution >= 0.6 is 23.2 Å². The Morgan fingerprint density at radius 1 is 1.20 bits per heavy atom. The van der Waals surface area contributed by atoms with Crippen LogP contribution in [0.5, 0.6) is 5.75 Å². The van der Waals surface area contributed by atoms with Gasteiger partial charge in [-0.1, -0.05) is 23.2 Å². The molecule has 1 fully saturated rings. The molecule has 1 aromatic heterocycles. The van der Waals surface area contributed by atoms with E-state index >= 15 is 0 Å². The highest BCUT2D eigenvalue weighted by molar-refractivity contribution is 6.39. The molecule has 0 saturated carbocycles. The van der Waals surface area contributed by atoms with Gasteiger partial charge in [-0.15, -0.1) is 0 Å². The van der Waals surface area contributed by atoms with Crippen LogP contribution in [0.15, 0.2) is 18.2 Å². The van der Waals surface area contributed by atoms with Crippen molar-refractivity contribution in [1.29, 1.82) is 0 Å². The lowest BCUT2D eigenvalue weighted by atomic mass is 10.2. The minimum Gasteiger partial charge on any atom is -0.423 e. The number of amides is 2. The van der Waals surface area contributed by atoms with Gasteiger partial charge in [-0.3, -0.25) is 19.3 Å². The molecule has 1 saturated heterocycles. The SMILES string of the molecule is Cc1ccc2c(Cl)cc(Cl)c(OC(=O)CCN3C(=O)CCC3=O)c2n1. The van der Waals surface area contributed by atoms with E-state index in [-0.39, 0.29) is 48.4 Å². The lowest BCUT2D eigenvalue weighted by molar-refractivity contribution is -0.140. The molecule has 0 bridgehead atoms. The van der Waals surface area contributed by atoms with Crippen molar-refractivity contribution in [1.82, 2.24) is 9.88 Å². The van der Waals surface area contributed by atoms with Crippen LogP contribution in [-0.2, 0) is 14.4 Å². The fourth-order valence-electron chi connectivity index (χ4n) is 2.63. The maximum Gasteiger partial charge on any atom is 0.313 e. The van der Waals surface area contributed by atoms with E-state index in [0.29, 0.717) is 15.9 Å². The topological polar surface area (TPSA) is 76.6 Å². The van der Waals surface area contributed by atoms with E-state index in [4.69, 9.17) is 27.9 Å². The summed E-state index contributed by atoms with van der Waals surface area (Å²) in [6.45, 7) is 1.79. The highest BCUT2D eigenvalue weighted by atomic mass is 35.5. The summed E-state index contributed by atoms with van der Waals surface area (Å²) in [5, 5.41) is 1.18. The molecule has 0 spiro atoms. The molecule has 25 heavy (non-hydrogen) atoms. The molecule has 0 N–H and O–H groups in total. The first kappa shape index (κ1) is 17.6. The van der Waals surface area contributed by atoms with Gasteiger partial charge in [-0.2, -0.15) is 0 Å². The number of carbonyl (C=O) groups is 3. The average molecular weight is 381 g/mol. The maximum atomic E-state index is 12.2. The van der Waals surface area contributed by atoms with Gasteiger partial charge in [0.15, 0.2) is 5.75 Å². The van der Waals surface area contributed by atoms with Crippen LogP contribution in [0, 0.1) is 6.92 Å². The van der Waals surface area contributed by atoms with Crippen LogP contribution in [0.25, 0.3) is 10.9 Å². The molecule has 1 aliphatic rings. The van der Waals surface area contributed by atoms with Crippen molar-refractivity contribution in [2.75, 3.05) is 6.54 Å². The van der Waals surface area contributed by atoms with Gasteiger partial charge < -0.3 is 4.74 Å². The predicted molar refractivity (Wildman–Crippen MR) is 92.7 cm³/mol. The number of ether oxygens (including phenoxy) is 1. The van der Waals surface area contributed by atoms with Crippen LogP contribution in [0.4, 0.5) is 0 Å². The third-order valence-electron chi connectivity index (χ3n) is 3.89. The standard InChI is InChI=1S/C17H14Cl2N2O4/c1-9-2-3-10-11(18)8-12(19)17(16(10)20-9)25-15(24)6-7-21-13(22)4-5-14(21)23/h2-3,8H,4-7H2,1H3. The van der Waals surface area contributed by atoms with Gasteiger partial charge in [0.05, 0.1) is 16.5 Å². The smallest absolute Gasteiger partial charge is 0.313 e. The molecule has 2 amide bonds. The number of rotatable bonds is 4. The molecular weight excluding hydrogens is 367 g/mol. The summed E-state index contributed by atoms with van der Waals surface area (Å²) < 4.78 is 5.36. The van der Waals surface area contributed by atoms with Crippen LogP contribution in [0.2, 0.25) is 10.0 Å². The van der Waals surface area contributed by atoms with Gasteiger partial charge in [0.1, 0.15) is 5.52 Å². The molecule has 0 atom stereocenters. The number of imide groups is 1. The number of pyridine rings is 1. The highest BCUT2D eigenvalue weighted by Crippen LogP contribution is 2.37. The first-order chi connectivity index (χ1) is 11.9. The Labute approximate surface area is 153 Å². The number of halogens is 2. The van der Waals surface area contributed by atoms with Gasteiger partial charge in [-0.05, 0) is 25.1 Å². The monoisotopic (exact) mass is 380 g/mol. The molecule has 2 aromatic rings. The molecule has 6 nitrogen and oxygen atoms in total. The Balaban J connectivity index is 1.80. The van der Waals surface area contributed by atoms with E-state index in [9.17, 15) is 14.4 Å². The van der Waals surface area contributed by atoms with Gasteiger partial charge >= 0.3 is 5.97 Å². The van der Waals surface area contributed by atoms with E-state index in [0.717, 1.165) is 10.6 Å². The zero-order chi connectivity index (χ0) is 18.1. The molecule has 0 unspecified atom stereocenters. The van der Waals surface area contributed by atoms with Gasteiger partial charge in [-0.25, -0.2) is 4.98 Å². The molecule has 1 aliphatic heterocycles. The fraction of sp³-hybridized carbons (Fsp3) is 0.294. The average Bonchev–Trinajstić information content (AvgIpc) is 2.87. The number of esters is 1. The Morgan fingerprint density at radius 2 is 1.88 bits per heavy atom. The summed E-state index contributed by atoms with van der Waals surface area (Å²) in [7, 11) is 0. The number of fused-ring (bicyclic) bond motifs is 1. The Hall–Kier alpha value is -2.18. The van der Waals surface area contributed by atoms with Crippen molar-refractivity contribution in [3.63, 3.8) is 0 Å². The van der Waals surface area contributed by atoms with Crippen molar-refractivity contribution >= 4 is 51.9 Å². The Kier molecular flexibility index (Phi) is 4.92. The van der Waals surface area contributed by atoms with E-state index in [2.05, 4.69) is 4.98 Å². The first-order valence-electron chi connectivity index (χ1n) is 7.66. The fourth-order valence-corrected chi connectivity index (χ4v) is 3.18. The zero-order valence-electron chi connectivity index (χ0n) is 13.3. The minimum atomic E-state index is -0.610. The van der Waals surface area contributed by atoms with E-state index in [1.54, 1.807) is 19.1 Å². The molecule has 0 radical (unpaired) electrons. The van der Waals surface area contributed by atoms with Crippen LogP contribution < -0.4 is 4.74 Å². The lowest BCUT2D eigenvalue weighted by Gasteiger charge is -2.14. The molecule has 1 aromatic carbocycles. The summed E-state index contributed by atoms with van der Waals surface area (Å²) in [6, 6.07) is 5.05. The first-order valence-corrected chi connectivity index (χ1v) is 8.41. The van der Waals surface area contributed by atoms with E-state index in [1.807, 2.05) is 0 Å². The second-order valence-electron chi connectivity index (χ2n) is 5.68. The molecule has 3 rings (SSSR count). The van der Waals surface area contributed by atoms with Gasteiger partial charge in [0.25, 0.3) is 0 Å². The van der Waals surface area contributed by atoms with E-state index < -0.39 is 5.97 Å². The maximum absolute atomic E-state index is 12.2. The Bertz CT molecular complexity index is 882. The van der Waals surface area contributed by atoms with Crippen molar-refractivity contribution in [2.24, 2.45) is 0 Å². The van der Waals surface area contributed by atoms with Crippen molar-refractivity contribution in [2.45, 2.75) is 26.2 Å². The number of likely N-dealkylation sites (tertiary alicyclic amines) is 1. The molecule has 130 valence electrons. The van der Waals surface area contributed by atoms with Crippen molar-refractivity contribution < 1.29 is 19.1 Å². The largest absolute Gasteiger partial charge is 0.423 e. The zero-order valence-corrected chi connectivity index (χ0v) is 14.9. The normalized spacial score (nSPS) is 14.4. The quantitative estimate of drug-likeness (QED) is 0.462. The second kappa shape index (κ2) is 6.98. The number of nitrogens with zero attached hydrogens (tertiary/aromatic N) is 2. The van der Waals surface area contributed by atoms with Gasteiger partial charge in [0, 0.05) is 30.5 Å². The molecule has 2 heterocycles. The number of hydrogen-bond acceptors (Lipinski definition) is 5. The summed E-state index contributed by atoms with van der Waals surface area (Å²) in [6.07, 6.45) is 0.249. The minimum absolute atomic E-state index is 0.00784. The van der Waals surface area contributed by atoms with E-state index in [1.165, 1.54) is 6.07 Å². The molecule has 0 aliphatic carbocycles. The number of benzene rings is 1. The molecular formula is C17H14Cl2N2O4. The molecule has 8 heteroatoms. The number of aromatic nitrogens is 1. The summed E-state index contributed by atoms with van der Waals surface area (Å²) in [4.78, 5) is 40.7. The predicted octanol–water partition coefficient (Wildman–Crippen LogP) is 3.29. The Morgan fingerprint density at radius 3 is 2.56 bits per heavy atom. The number of carbonyl (C=O) groups excluding carboxylic acids is 3. The van der Waals surface area contributed by atoms with Gasteiger partial charge in [0.2, 0.25) is 11.8 Å². The lowest BCUT2D eigenvalue weighted by Crippen LogP contribution is -2.32. The second-order valence-corrected chi connectivity index (χ2v) is 6.50. The third kappa shape index (κ3) is 3.60. The summed E-state index contributed by atoms with van der Waals surface area (Å²) >= 11 is 12.3.